The van der Waals surface area contributed by atoms with Crippen molar-refractivity contribution in [3.63, 3.8) is 0 Å². The molecule has 1 rings (SSSR count). The summed E-state index contributed by atoms with van der Waals surface area (Å²) in [6.07, 6.45) is 2.73. The van der Waals surface area contributed by atoms with Crippen molar-refractivity contribution in [1.29, 1.82) is 0 Å². The van der Waals surface area contributed by atoms with Crippen LogP contribution in [0.1, 0.15) is 26.2 Å². The predicted molar refractivity (Wildman–Crippen MR) is 82.8 cm³/mol. The van der Waals surface area contributed by atoms with Crippen molar-refractivity contribution in [3.05, 3.63) is 33.8 Å². The maximum atomic E-state index is 11.9. The van der Waals surface area contributed by atoms with Gasteiger partial charge >= 0.3 is 131 Å². The number of allylic oxidation sites excluding steroid dienone is 1. The maximum absolute atomic E-state index is 11.9. The van der Waals surface area contributed by atoms with Gasteiger partial charge in [0, 0.05) is 0 Å². The van der Waals surface area contributed by atoms with Gasteiger partial charge in [-0.05, 0) is 0 Å². The second-order valence-corrected chi connectivity index (χ2v) is 6.84. The van der Waals surface area contributed by atoms with E-state index in [0.29, 0.717) is 9.50 Å². The molecule has 0 atom stereocenters. The molecule has 20 heavy (non-hydrogen) atoms. The fourth-order valence-corrected chi connectivity index (χ4v) is 3.78. The minimum atomic E-state index is -0.332. The molecule has 1 aromatic rings. The van der Waals surface area contributed by atoms with Gasteiger partial charge in [0.15, 0.2) is 0 Å². The number of carbonyl (C=O) groups is 1. The molecule has 1 aromatic carbocycles. The van der Waals surface area contributed by atoms with E-state index >= 15 is 0 Å². The van der Waals surface area contributed by atoms with Crippen molar-refractivity contribution in [1.82, 2.24) is 0 Å². The summed E-state index contributed by atoms with van der Waals surface area (Å²) in [5.41, 5.74) is 0. The van der Waals surface area contributed by atoms with E-state index in [1.165, 1.54) is 7.11 Å². The van der Waals surface area contributed by atoms with Crippen molar-refractivity contribution in [3.8, 4) is 5.75 Å². The molecule has 0 heterocycles. The first-order valence-electron chi connectivity index (χ1n) is 6.41. The zero-order valence-corrected chi connectivity index (χ0v) is 14.4. The molecule has 0 aliphatic carbocycles. The number of hydrogen-bond acceptors (Lipinski definition) is 3. The van der Waals surface area contributed by atoms with Gasteiger partial charge < -0.3 is 0 Å². The van der Waals surface area contributed by atoms with Gasteiger partial charge in [-0.2, -0.15) is 0 Å². The molecule has 3 nitrogen and oxygen atoms in total. The van der Waals surface area contributed by atoms with Gasteiger partial charge in [-0.3, -0.25) is 0 Å². The Hall–Kier alpha value is -0.961. The fraction of sp³-hybridized carbons (Fsp3) is 0.400. The third kappa shape index (κ3) is 5.20. The summed E-state index contributed by atoms with van der Waals surface area (Å²) in [7, 11) is 3.01. The number of methoxy groups -OCH3 is 2. The van der Waals surface area contributed by atoms with E-state index in [9.17, 15) is 4.79 Å². The molecule has 0 fully saturated rings. The van der Waals surface area contributed by atoms with Crippen LogP contribution in [-0.4, -0.2) is 35.1 Å². The summed E-state index contributed by atoms with van der Waals surface area (Å²) in [6, 6.07) is 7.66. The topological polar surface area (TPSA) is 35.5 Å². The molecule has 110 valence electrons. The van der Waals surface area contributed by atoms with Crippen LogP contribution in [0.5, 0.6) is 5.75 Å². The molecule has 0 N–H and O–H groups in total. The van der Waals surface area contributed by atoms with Crippen LogP contribution in [0.25, 0.3) is 0 Å². The summed E-state index contributed by atoms with van der Waals surface area (Å²) >= 11 is 6.11. The Balaban J connectivity index is 2.91. The van der Waals surface area contributed by atoms with Gasteiger partial charge in [0.2, 0.25) is 0 Å². The van der Waals surface area contributed by atoms with Crippen LogP contribution < -0.4 is 9.20 Å². The molecule has 0 saturated heterocycles. The zero-order valence-electron chi connectivity index (χ0n) is 11.9. The van der Waals surface area contributed by atoms with Crippen LogP contribution >= 0.6 is 11.6 Å². The Morgan fingerprint density at radius 3 is 2.40 bits per heavy atom. The van der Waals surface area contributed by atoms with Crippen molar-refractivity contribution in [2.45, 2.75) is 26.2 Å². The number of carbonyl (C=O) groups excluding carboxylic acids is 1. The quantitative estimate of drug-likeness (QED) is 0.425. The van der Waals surface area contributed by atoms with Gasteiger partial charge in [0.25, 0.3) is 0 Å². The molecular weight excluding hydrogens is 343 g/mol. The monoisotopic (exact) mass is 362 g/mol. The Morgan fingerprint density at radius 1 is 1.25 bits per heavy atom. The summed E-state index contributed by atoms with van der Waals surface area (Å²) in [5, 5.41) is 0.620. The Labute approximate surface area is 131 Å². The Kier molecular flexibility index (Phi) is 7.75. The molecule has 0 aliphatic rings. The van der Waals surface area contributed by atoms with E-state index in [-0.39, 0.29) is 20.9 Å². The molecule has 0 saturated carbocycles. The number of rotatable bonds is 7. The fourth-order valence-electron chi connectivity index (χ4n) is 1.51. The van der Waals surface area contributed by atoms with Crippen LogP contribution in [-0.2, 0) is 9.53 Å². The van der Waals surface area contributed by atoms with Crippen LogP contribution in [0.3, 0.4) is 0 Å². The van der Waals surface area contributed by atoms with Crippen molar-refractivity contribution >= 4 is 37.0 Å². The number of unbranched alkanes of at least 4 members (excludes halogenated alkanes) is 1. The molecule has 0 bridgehead atoms. The summed E-state index contributed by atoms with van der Waals surface area (Å²) < 4.78 is 11.6. The van der Waals surface area contributed by atoms with E-state index < -0.39 is 0 Å². The van der Waals surface area contributed by atoms with E-state index in [2.05, 4.69) is 6.92 Å². The van der Waals surface area contributed by atoms with E-state index in [1.807, 2.05) is 24.3 Å². The average molecular weight is 362 g/mol. The molecule has 0 amide bonds. The third-order valence-electron chi connectivity index (χ3n) is 2.65. The summed E-state index contributed by atoms with van der Waals surface area (Å²) in [5.74, 6) is 0.465. The van der Waals surface area contributed by atoms with Crippen LogP contribution in [0.4, 0.5) is 0 Å². The van der Waals surface area contributed by atoms with Gasteiger partial charge in [-0.1, -0.05) is 0 Å². The second kappa shape index (κ2) is 9.06. The first-order chi connectivity index (χ1) is 9.62. The van der Waals surface area contributed by atoms with Gasteiger partial charge in [-0.25, -0.2) is 0 Å². The SMILES string of the molecule is CCCC/C(Cl)=C(/[Se]c1ccc(OC)cc1)C(=O)OC. The van der Waals surface area contributed by atoms with Gasteiger partial charge in [-0.15, -0.1) is 0 Å². The number of benzene rings is 1. The Morgan fingerprint density at radius 2 is 1.90 bits per heavy atom. The number of hydrogen-bond donors (Lipinski definition) is 0. The number of ether oxygens (including phenoxy) is 2. The summed E-state index contributed by atoms with van der Waals surface area (Å²) in [4.78, 5) is 11.9. The van der Waals surface area contributed by atoms with Gasteiger partial charge in [0.1, 0.15) is 0 Å². The van der Waals surface area contributed by atoms with Crippen molar-refractivity contribution in [2.24, 2.45) is 0 Å². The first kappa shape index (κ1) is 17.1. The van der Waals surface area contributed by atoms with Crippen LogP contribution in [0.15, 0.2) is 33.8 Å². The first-order valence-corrected chi connectivity index (χ1v) is 8.50. The molecule has 0 unspecified atom stereocenters. The average Bonchev–Trinajstić information content (AvgIpc) is 2.50. The standard InChI is InChI=1S/C15H19ClO3Se/c1-4-5-6-13(16)14(15(17)19-3)20-12-9-7-11(18-2)8-10-12/h7-10H,4-6H2,1-3H3/b14-13-. The number of esters is 1. The zero-order chi connectivity index (χ0) is 15.0. The van der Waals surface area contributed by atoms with E-state index in [0.717, 1.165) is 29.5 Å². The minimum absolute atomic E-state index is 0.163. The molecule has 5 heteroatoms. The predicted octanol–water partition coefficient (Wildman–Crippen LogP) is 2.84. The molecule has 0 aromatic heterocycles. The number of halogens is 1. The van der Waals surface area contributed by atoms with E-state index in [4.69, 9.17) is 21.1 Å². The molecular formula is C15H19ClO3Se. The van der Waals surface area contributed by atoms with Crippen molar-refractivity contribution in [2.75, 3.05) is 14.2 Å². The van der Waals surface area contributed by atoms with Crippen LogP contribution in [0, 0.1) is 0 Å². The molecule has 0 radical (unpaired) electrons. The molecule has 0 aliphatic heterocycles. The van der Waals surface area contributed by atoms with E-state index in [1.54, 1.807) is 7.11 Å². The third-order valence-corrected chi connectivity index (χ3v) is 5.64. The molecule has 0 spiro atoms. The van der Waals surface area contributed by atoms with Gasteiger partial charge in [0.05, 0.1) is 0 Å². The summed E-state index contributed by atoms with van der Waals surface area (Å²) in [6.45, 7) is 2.09. The van der Waals surface area contributed by atoms with Crippen LogP contribution in [0.2, 0.25) is 0 Å². The second-order valence-electron chi connectivity index (χ2n) is 4.11. The Bertz CT molecular complexity index is 469. The van der Waals surface area contributed by atoms with Crippen molar-refractivity contribution < 1.29 is 14.3 Å². The normalized spacial score (nSPS) is 11.8.